The van der Waals surface area contributed by atoms with Crippen LogP contribution in [-0.2, 0) is 22.6 Å². The van der Waals surface area contributed by atoms with Gasteiger partial charge >= 0.3 is 5.97 Å². The molecular formula is C22H23N3O4. The highest BCUT2D eigenvalue weighted by Crippen LogP contribution is 2.25. The van der Waals surface area contributed by atoms with Gasteiger partial charge in [-0.25, -0.2) is 15.0 Å². The van der Waals surface area contributed by atoms with E-state index in [1.54, 1.807) is 32.5 Å². The maximum Gasteiger partial charge on any atom is 0.306 e. The molecular weight excluding hydrogens is 370 g/mol. The number of aromatic nitrogens is 3. The third-order valence-corrected chi connectivity index (χ3v) is 4.17. The summed E-state index contributed by atoms with van der Waals surface area (Å²) in [6.45, 7) is 2.45. The van der Waals surface area contributed by atoms with Gasteiger partial charge in [-0.2, -0.15) is 0 Å². The second-order valence-corrected chi connectivity index (χ2v) is 6.13. The molecule has 0 fully saturated rings. The van der Waals surface area contributed by atoms with E-state index < -0.39 is 0 Å². The first-order valence-corrected chi connectivity index (χ1v) is 9.39. The van der Waals surface area contributed by atoms with Crippen molar-refractivity contribution in [3.63, 3.8) is 0 Å². The molecule has 0 radical (unpaired) electrons. The van der Waals surface area contributed by atoms with E-state index in [9.17, 15) is 4.79 Å². The lowest BCUT2D eigenvalue weighted by Crippen LogP contribution is -2.07. The summed E-state index contributed by atoms with van der Waals surface area (Å²) in [5, 5.41) is 0. The van der Waals surface area contributed by atoms with Crippen LogP contribution in [0, 0.1) is 0 Å². The van der Waals surface area contributed by atoms with Crippen molar-refractivity contribution in [1.82, 2.24) is 15.0 Å². The first kappa shape index (κ1) is 20.3. The largest absolute Gasteiger partial charge is 0.487 e. The number of carbonyl (C=O) groups excluding carboxylic acids is 1. The van der Waals surface area contributed by atoms with Crippen molar-refractivity contribution in [2.24, 2.45) is 0 Å². The average molecular weight is 393 g/mol. The van der Waals surface area contributed by atoms with Crippen molar-refractivity contribution in [1.29, 1.82) is 0 Å². The number of hydrogen-bond donors (Lipinski definition) is 0. The fourth-order valence-corrected chi connectivity index (χ4v) is 2.80. The molecule has 2 heterocycles. The first-order valence-electron chi connectivity index (χ1n) is 9.39. The zero-order valence-electron chi connectivity index (χ0n) is 16.5. The molecule has 0 aliphatic heterocycles. The molecule has 29 heavy (non-hydrogen) atoms. The smallest absolute Gasteiger partial charge is 0.306 e. The summed E-state index contributed by atoms with van der Waals surface area (Å²) in [4.78, 5) is 24.7. The molecule has 0 amide bonds. The highest BCUT2D eigenvalue weighted by molar-refractivity contribution is 5.69. The van der Waals surface area contributed by atoms with Gasteiger partial charge in [0.25, 0.3) is 0 Å². The molecule has 0 saturated heterocycles. The van der Waals surface area contributed by atoms with Crippen molar-refractivity contribution >= 4 is 5.97 Å². The first-order chi connectivity index (χ1) is 14.2. The summed E-state index contributed by atoms with van der Waals surface area (Å²) in [5.41, 5.74) is 2.39. The Bertz CT molecular complexity index is 962. The summed E-state index contributed by atoms with van der Waals surface area (Å²) in [7, 11) is 1.56. The third kappa shape index (κ3) is 5.51. The van der Waals surface area contributed by atoms with Crippen LogP contribution >= 0.6 is 0 Å². The van der Waals surface area contributed by atoms with Crippen molar-refractivity contribution in [2.45, 2.75) is 26.4 Å². The third-order valence-electron chi connectivity index (χ3n) is 4.17. The Morgan fingerprint density at radius 2 is 1.90 bits per heavy atom. The number of methoxy groups -OCH3 is 1. The van der Waals surface area contributed by atoms with Crippen molar-refractivity contribution in [3.8, 4) is 23.0 Å². The molecule has 0 atom stereocenters. The number of carbonyl (C=O) groups is 1. The molecule has 150 valence electrons. The monoisotopic (exact) mass is 393 g/mol. The van der Waals surface area contributed by atoms with Gasteiger partial charge in [0.05, 0.1) is 25.0 Å². The number of para-hydroxylation sites is 1. The van der Waals surface area contributed by atoms with Crippen LogP contribution in [0.3, 0.4) is 0 Å². The van der Waals surface area contributed by atoms with Crippen molar-refractivity contribution in [3.05, 3.63) is 66.1 Å². The minimum atomic E-state index is -0.215. The lowest BCUT2D eigenvalue weighted by Gasteiger charge is -2.12. The van der Waals surface area contributed by atoms with Gasteiger partial charge in [0, 0.05) is 18.8 Å². The van der Waals surface area contributed by atoms with Crippen LogP contribution in [0.15, 0.2) is 54.9 Å². The van der Waals surface area contributed by atoms with Gasteiger partial charge in [-0.05, 0) is 43.2 Å². The van der Waals surface area contributed by atoms with E-state index in [1.165, 1.54) is 0 Å². The lowest BCUT2D eigenvalue weighted by atomic mass is 10.1. The molecule has 0 aliphatic rings. The number of rotatable bonds is 9. The summed E-state index contributed by atoms with van der Waals surface area (Å²) in [6.07, 6.45) is 4.20. The molecule has 1 aromatic carbocycles. The van der Waals surface area contributed by atoms with Gasteiger partial charge < -0.3 is 14.2 Å². The Morgan fingerprint density at radius 3 is 2.72 bits per heavy atom. The molecule has 0 bridgehead atoms. The highest BCUT2D eigenvalue weighted by Gasteiger charge is 2.11. The number of hydrogen-bond acceptors (Lipinski definition) is 7. The Morgan fingerprint density at radius 1 is 1.03 bits per heavy atom. The van der Waals surface area contributed by atoms with Crippen molar-refractivity contribution in [2.75, 3.05) is 13.7 Å². The van der Waals surface area contributed by atoms with Gasteiger partial charge in [-0.3, -0.25) is 4.79 Å². The summed E-state index contributed by atoms with van der Waals surface area (Å²) in [6, 6.07) is 13.1. The van der Waals surface area contributed by atoms with Gasteiger partial charge in [-0.15, -0.1) is 0 Å². The van der Waals surface area contributed by atoms with Crippen molar-refractivity contribution < 1.29 is 19.0 Å². The predicted octanol–water partition coefficient (Wildman–Crippen LogP) is 3.62. The number of benzene rings is 1. The van der Waals surface area contributed by atoms with Gasteiger partial charge in [0.2, 0.25) is 5.88 Å². The molecule has 3 rings (SSSR count). The summed E-state index contributed by atoms with van der Waals surface area (Å²) < 4.78 is 16.3. The van der Waals surface area contributed by atoms with E-state index >= 15 is 0 Å². The second kappa shape index (κ2) is 10.2. The molecule has 2 aromatic heterocycles. The molecule has 7 heteroatoms. The van der Waals surface area contributed by atoms with Crippen LogP contribution in [0.4, 0.5) is 0 Å². The highest BCUT2D eigenvalue weighted by atomic mass is 16.5. The van der Waals surface area contributed by atoms with Gasteiger partial charge in [0.15, 0.2) is 5.82 Å². The van der Waals surface area contributed by atoms with Gasteiger partial charge in [-0.1, -0.05) is 18.2 Å². The van der Waals surface area contributed by atoms with E-state index in [0.717, 1.165) is 17.0 Å². The van der Waals surface area contributed by atoms with Crippen LogP contribution in [0.25, 0.3) is 11.4 Å². The predicted molar refractivity (Wildman–Crippen MR) is 108 cm³/mol. The van der Waals surface area contributed by atoms with Crippen LogP contribution in [0.1, 0.15) is 24.6 Å². The van der Waals surface area contributed by atoms with E-state index in [0.29, 0.717) is 36.7 Å². The number of aryl methyl sites for hydroxylation is 1. The topological polar surface area (TPSA) is 83.4 Å². The Labute approximate surface area is 169 Å². The van der Waals surface area contributed by atoms with Crippen LogP contribution in [0.5, 0.6) is 11.6 Å². The molecule has 0 saturated carbocycles. The minimum Gasteiger partial charge on any atom is -0.487 e. The van der Waals surface area contributed by atoms with E-state index in [1.807, 2.05) is 36.4 Å². The van der Waals surface area contributed by atoms with Crippen LogP contribution in [-0.4, -0.2) is 34.6 Å². The summed E-state index contributed by atoms with van der Waals surface area (Å²) in [5.74, 6) is 1.49. The van der Waals surface area contributed by atoms with E-state index in [2.05, 4.69) is 15.0 Å². The number of nitrogens with zero attached hydrogens (tertiary/aromatic N) is 3. The molecule has 7 nitrogen and oxygen atoms in total. The van der Waals surface area contributed by atoms with E-state index in [4.69, 9.17) is 14.2 Å². The maximum absolute atomic E-state index is 11.6. The zero-order valence-corrected chi connectivity index (χ0v) is 16.5. The lowest BCUT2D eigenvalue weighted by molar-refractivity contribution is -0.143. The fraction of sp³-hybridized carbons (Fsp3) is 0.273. The number of esters is 1. The quantitative estimate of drug-likeness (QED) is 0.513. The SMILES string of the molecule is CCOC(=O)CCc1ccccc1OCc1ccnc(-c2cccnc2OC)n1. The Hall–Kier alpha value is -3.48. The molecule has 0 N–H and O–H groups in total. The van der Waals surface area contributed by atoms with Crippen LogP contribution < -0.4 is 9.47 Å². The number of ether oxygens (including phenoxy) is 3. The maximum atomic E-state index is 11.6. The molecule has 0 spiro atoms. The van der Waals surface area contributed by atoms with Gasteiger partial charge in [0.1, 0.15) is 12.4 Å². The molecule has 0 unspecified atom stereocenters. The fourth-order valence-electron chi connectivity index (χ4n) is 2.80. The minimum absolute atomic E-state index is 0.215. The van der Waals surface area contributed by atoms with E-state index in [-0.39, 0.29) is 12.6 Å². The molecule has 3 aromatic rings. The molecule has 0 aliphatic carbocycles. The normalized spacial score (nSPS) is 10.4. The Balaban J connectivity index is 1.70. The second-order valence-electron chi connectivity index (χ2n) is 6.13. The number of pyridine rings is 1. The van der Waals surface area contributed by atoms with Crippen LogP contribution in [0.2, 0.25) is 0 Å². The zero-order chi connectivity index (χ0) is 20.5. The average Bonchev–Trinajstić information content (AvgIpc) is 2.77. The summed E-state index contributed by atoms with van der Waals surface area (Å²) >= 11 is 0. The standard InChI is InChI=1S/C22H23N3O4/c1-3-28-20(26)11-10-16-7-4-5-9-19(16)29-15-17-12-14-23-21(25-17)18-8-6-13-24-22(18)27-2/h4-9,12-14H,3,10-11,15H2,1-2H3. The Kier molecular flexibility index (Phi) is 7.10.